The van der Waals surface area contributed by atoms with Crippen molar-refractivity contribution in [2.45, 2.75) is 26.7 Å². The molecule has 0 saturated carbocycles. The fourth-order valence-corrected chi connectivity index (χ4v) is 2.85. The molecule has 10 heteroatoms. The summed E-state index contributed by atoms with van der Waals surface area (Å²) in [7, 11) is 0. The number of nitro groups is 1. The number of benzene rings is 2. The molecule has 10 nitrogen and oxygen atoms in total. The SMILES string of the molecule is CCCCOc1ccc(Nc2ncnc(NNC(=O)c3ccccc3C)c2[N+](=O)[O-])cc1. The highest BCUT2D eigenvalue weighted by molar-refractivity contribution is 5.96. The minimum atomic E-state index is -0.618. The topological polar surface area (TPSA) is 131 Å². The van der Waals surface area contributed by atoms with Gasteiger partial charge < -0.3 is 10.1 Å². The first kappa shape index (κ1) is 22.5. The van der Waals surface area contributed by atoms with E-state index in [9.17, 15) is 14.9 Å². The maximum Gasteiger partial charge on any atom is 0.355 e. The molecule has 2 aromatic carbocycles. The average molecular weight is 436 g/mol. The number of anilines is 3. The number of rotatable bonds is 10. The summed E-state index contributed by atoms with van der Waals surface area (Å²) in [6.45, 7) is 4.51. The number of carbonyl (C=O) groups excluding carboxylic acids is 1. The maximum atomic E-state index is 12.4. The van der Waals surface area contributed by atoms with Crippen molar-refractivity contribution < 1.29 is 14.5 Å². The molecule has 0 bridgehead atoms. The number of hydrogen-bond donors (Lipinski definition) is 3. The summed E-state index contributed by atoms with van der Waals surface area (Å²) in [6.07, 6.45) is 3.17. The lowest BCUT2D eigenvalue weighted by molar-refractivity contribution is -0.383. The van der Waals surface area contributed by atoms with E-state index in [1.165, 1.54) is 6.33 Å². The lowest BCUT2D eigenvalue weighted by atomic mass is 10.1. The van der Waals surface area contributed by atoms with Crippen LogP contribution in [0.25, 0.3) is 0 Å². The van der Waals surface area contributed by atoms with Crippen molar-refractivity contribution in [1.29, 1.82) is 0 Å². The standard InChI is InChI=1S/C22H24N6O4/c1-3-4-13-32-17-11-9-16(10-12-17)25-20-19(28(30)31)21(24-14-23-20)26-27-22(29)18-8-6-5-7-15(18)2/h5-12,14H,3-4,13H2,1-2H3,(H,27,29)(H2,23,24,25,26). The van der Waals surface area contributed by atoms with Crippen molar-refractivity contribution in [1.82, 2.24) is 15.4 Å². The molecule has 3 N–H and O–H groups in total. The van der Waals surface area contributed by atoms with Gasteiger partial charge in [-0.25, -0.2) is 9.97 Å². The van der Waals surface area contributed by atoms with Crippen LogP contribution in [0.5, 0.6) is 5.75 Å². The molecule has 0 fully saturated rings. The Morgan fingerprint density at radius 3 is 2.50 bits per heavy atom. The number of aromatic nitrogens is 2. The number of amides is 1. The number of nitrogens with one attached hydrogen (secondary N) is 3. The van der Waals surface area contributed by atoms with Gasteiger partial charge in [-0.15, -0.1) is 0 Å². The molecule has 3 rings (SSSR count). The van der Waals surface area contributed by atoms with E-state index in [1.54, 1.807) is 49.4 Å². The maximum absolute atomic E-state index is 12.4. The molecule has 0 aliphatic heterocycles. The summed E-state index contributed by atoms with van der Waals surface area (Å²) < 4.78 is 5.62. The largest absolute Gasteiger partial charge is 0.494 e. The Bertz CT molecular complexity index is 1090. The van der Waals surface area contributed by atoms with Crippen LogP contribution < -0.4 is 20.9 Å². The number of aryl methyl sites for hydroxylation is 1. The van der Waals surface area contributed by atoms with Crippen LogP contribution in [0.15, 0.2) is 54.9 Å². The highest BCUT2D eigenvalue weighted by atomic mass is 16.6. The van der Waals surface area contributed by atoms with E-state index < -0.39 is 16.5 Å². The molecule has 166 valence electrons. The first-order valence-electron chi connectivity index (χ1n) is 10.1. The molecule has 0 aliphatic carbocycles. The Morgan fingerprint density at radius 1 is 1.09 bits per heavy atom. The first-order valence-corrected chi connectivity index (χ1v) is 10.1. The zero-order valence-corrected chi connectivity index (χ0v) is 17.8. The van der Waals surface area contributed by atoms with E-state index in [1.807, 2.05) is 6.07 Å². The van der Waals surface area contributed by atoms with Crippen molar-refractivity contribution in [2.24, 2.45) is 0 Å². The summed E-state index contributed by atoms with van der Waals surface area (Å²) in [6, 6.07) is 14.0. The molecule has 0 unspecified atom stereocenters. The fraction of sp³-hybridized carbons (Fsp3) is 0.227. The van der Waals surface area contributed by atoms with Gasteiger partial charge in [0, 0.05) is 11.3 Å². The molecule has 0 radical (unpaired) electrons. The van der Waals surface area contributed by atoms with Crippen LogP contribution in [0, 0.1) is 17.0 Å². The van der Waals surface area contributed by atoms with Gasteiger partial charge in [0.05, 0.1) is 11.5 Å². The second-order valence-corrected chi connectivity index (χ2v) is 6.92. The van der Waals surface area contributed by atoms with Gasteiger partial charge in [0.1, 0.15) is 12.1 Å². The van der Waals surface area contributed by atoms with Crippen LogP contribution in [0.2, 0.25) is 0 Å². The third kappa shape index (κ3) is 5.69. The Hall–Kier alpha value is -4.21. The molecule has 32 heavy (non-hydrogen) atoms. The van der Waals surface area contributed by atoms with Crippen LogP contribution in [0.3, 0.4) is 0 Å². The molecule has 0 saturated heterocycles. The Kier molecular flexibility index (Phi) is 7.52. The minimum Gasteiger partial charge on any atom is -0.494 e. The first-order chi connectivity index (χ1) is 15.5. The molecule has 0 spiro atoms. The van der Waals surface area contributed by atoms with Crippen LogP contribution in [-0.4, -0.2) is 27.4 Å². The van der Waals surface area contributed by atoms with E-state index in [-0.39, 0.29) is 11.6 Å². The predicted octanol–water partition coefficient (Wildman–Crippen LogP) is 4.37. The number of unbranched alkanes of at least 4 members (excludes halogenated alkanes) is 1. The van der Waals surface area contributed by atoms with E-state index in [0.717, 1.165) is 18.4 Å². The van der Waals surface area contributed by atoms with Crippen LogP contribution >= 0.6 is 0 Å². The molecule has 3 aromatic rings. The molecule has 0 atom stereocenters. The van der Waals surface area contributed by atoms with Gasteiger partial charge in [-0.3, -0.25) is 25.8 Å². The molecular weight excluding hydrogens is 412 g/mol. The second-order valence-electron chi connectivity index (χ2n) is 6.92. The summed E-state index contributed by atoms with van der Waals surface area (Å²) in [5.41, 5.74) is 6.38. The zero-order valence-electron chi connectivity index (χ0n) is 17.8. The summed E-state index contributed by atoms with van der Waals surface area (Å²) in [4.78, 5) is 31.4. The van der Waals surface area contributed by atoms with Crippen molar-refractivity contribution in [3.05, 3.63) is 76.1 Å². The van der Waals surface area contributed by atoms with Gasteiger partial charge in [0.25, 0.3) is 5.91 Å². The average Bonchev–Trinajstić information content (AvgIpc) is 2.79. The quantitative estimate of drug-likeness (QED) is 0.242. The third-order valence-corrected chi connectivity index (χ3v) is 4.57. The highest BCUT2D eigenvalue weighted by Crippen LogP contribution is 2.31. The number of hydrazine groups is 1. The van der Waals surface area contributed by atoms with Gasteiger partial charge in [-0.05, 0) is 49.2 Å². The zero-order chi connectivity index (χ0) is 22.9. The number of carbonyl (C=O) groups is 1. The van der Waals surface area contributed by atoms with Gasteiger partial charge in [-0.2, -0.15) is 0 Å². The van der Waals surface area contributed by atoms with E-state index >= 15 is 0 Å². The predicted molar refractivity (Wildman–Crippen MR) is 121 cm³/mol. The smallest absolute Gasteiger partial charge is 0.355 e. The minimum absolute atomic E-state index is 0.0164. The molecule has 1 amide bonds. The van der Waals surface area contributed by atoms with E-state index in [4.69, 9.17) is 4.74 Å². The molecule has 1 aromatic heterocycles. The van der Waals surface area contributed by atoms with Gasteiger partial charge in [0.15, 0.2) is 0 Å². The van der Waals surface area contributed by atoms with Crippen molar-refractivity contribution in [2.75, 3.05) is 17.3 Å². The van der Waals surface area contributed by atoms with E-state index in [2.05, 4.69) is 33.1 Å². The van der Waals surface area contributed by atoms with Crippen LogP contribution in [0.4, 0.5) is 23.0 Å². The number of hydrogen-bond acceptors (Lipinski definition) is 8. The highest BCUT2D eigenvalue weighted by Gasteiger charge is 2.24. The van der Waals surface area contributed by atoms with Crippen LogP contribution in [0.1, 0.15) is 35.7 Å². The third-order valence-electron chi connectivity index (χ3n) is 4.57. The summed E-state index contributed by atoms with van der Waals surface area (Å²) in [5.74, 6) is 0.109. The lowest BCUT2D eigenvalue weighted by Gasteiger charge is -2.12. The monoisotopic (exact) mass is 436 g/mol. The summed E-state index contributed by atoms with van der Waals surface area (Å²) in [5, 5.41) is 14.6. The Morgan fingerprint density at radius 2 is 1.81 bits per heavy atom. The summed E-state index contributed by atoms with van der Waals surface area (Å²) >= 11 is 0. The van der Waals surface area contributed by atoms with Gasteiger partial charge in [-0.1, -0.05) is 31.5 Å². The number of nitrogens with zero attached hydrogens (tertiary/aromatic N) is 3. The van der Waals surface area contributed by atoms with Crippen molar-refractivity contribution in [3.8, 4) is 5.75 Å². The molecule has 0 aliphatic rings. The normalized spacial score (nSPS) is 10.3. The van der Waals surface area contributed by atoms with Crippen molar-refractivity contribution >= 4 is 28.9 Å². The number of ether oxygens (including phenoxy) is 1. The molecule has 1 heterocycles. The van der Waals surface area contributed by atoms with E-state index in [0.29, 0.717) is 23.6 Å². The van der Waals surface area contributed by atoms with Gasteiger partial charge >= 0.3 is 5.69 Å². The second kappa shape index (κ2) is 10.7. The van der Waals surface area contributed by atoms with Crippen molar-refractivity contribution in [3.63, 3.8) is 0 Å². The lowest BCUT2D eigenvalue weighted by Crippen LogP contribution is -2.30. The van der Waals surface area contributed by atoms with Crippen LogP contribution in [-0.2, 0) is 0 Å². The molecular formula is C22H24N6O4. The fourth-order valence-electron chi connectivity index (χ4n) is 2.85. The van der Waals surface area contributed by atoms with Gasteiger partial charge in [0.2, 0.25) is 11.6 Å². The Balaban J connectivity index is 1.74. The Labute approximate surface area is 185 Å².